The summed E-state index contributed by atoms with van der Waals surface area (Å²) in [5.74, 6) is 4.16. The maximum Gasteiger partial charge on any atom is 0.124 e. The Morgan fingerprint density at radius 2 is 2.29 bits per heavy atom. The molecule has 1 N–H and O–H groups in total. The lowest BCUT2D eigenvalue weighted by atomic mass is 9.91. The van der Waals surface area contributed by atoms with Crippen LogP contribution in [0.15, 0.2) is 24.3 Å². The van der Waals surface area contributed by atoms with Gasteiger partial charge >= 0.3 is 0 Å². The van der Waals surface area contributed by atoms with Gasteiger partial charge in [0.25, 0.3) is 0 Å². The zero-order valence-electron chi connectivity index (χ0n) is 10.4. The van der Waals surface area contributed by atoms with Crippen molar-refractivity contribution < 1.29 is 4.74 Å². The highest BCUT2D eigenvalue weighted by Gasteiger charge is 2.28. The Labute approximate surface area is 103 Å². The van der Waals surface area contributed by atoms with Crippen LogP contribution >= 0.6 is 0 Å². The Hall–Kier alpha value is -1.46. The van der Waals surface area contributed by atoms with Gasteiger partial charge in [-0.25, -0.2) is 0 Å². The number of hydrogen-bond acceptors (Lipinski definition) is 2. The molecule has 3 atom stereocenters. The summed E-state index contributed by atoms with van der Waals surface area (Å²) in [5.41, 5.74) is 1.25. The Morgan fingerprint density at radius 1 is 1.53 bits per heavy atom. The summed E-state index contributed by atoms with van der Waals surface area (Å²) in [5, 5.41) is 3.60. The van der Waals surface area contributed by atoms with E-state index in [-0.39, 0.29) is 0 Å². The summed E-state index contributed by atoms with van der Waals surface area (Å²) in [4.78, 5) is 0. The van der Waals surface area contributed by atoms with Gasteiger partial charge in [-0.15, -0.1) is 12.3 Å². The molecule has 0 bridgehead atoms. The van der Waals surface area contributed by atoms with Gasteiger partial charge in [-0.1, -0.05) is 25.1 Å². The van der Waals surface area contributed by atoms with Crippen LogP contribution in [0.1, 0.15) is 31.9 Å². The first-order valence-electron chi connectivity index (χ1n) is 6.13. The van der Waals surface area contributed by atoms with Crippen LogP contribution in [0, 0.1) is 18.3 Å². The maximum atomic E-state index is 5.73. The Bertz CT molecular complexity index is 421. The minimum atomic E-state index is 0.332. The molecule has 2 heteroatoms. The van der Waals surface area contributed by atoms with Crippen molar-refractivity contribution in [1.82, 2.24) is 5.32 Å². The third kappa shape index (κ3) is 2.62. The lowest BCUT2D eigenvalue weighted by Crippen LogP contribution is -2.38. The molecule has 1 heterocycles. The summed E-state index contributed by atoms with van der Waals surface area (Å²) in [6.45, 7) is 5.10. The first kappa shape index (κ1) is 12.0. The van der Waals surface area contributed by atoms with Crippen LogP contribution in [-0.2, 0) is 0 Å². The van der Waals surface area contributed by atoms with Crippen LogP contribution in [0.3, 0.4) is 0 Å². The number of benzene rings is 1. The molecule has 17 heavy (non-hydrogen) atoms. The Balaban J connectivity index is 2.18. The molecule has 0 saturated heterocycles. The largest absolute Gasteiger partial charge is 0.493 e. The summed E-state index contributed by atoms with van der Waals surface area (Å²) >= 11 is 0. The molecule has 0 radical (unpaired) electrons. The molecule has 2 nitrogen and oxygen atoms in total. The number of hydrogen-bond donors (Lipinski definition) is 1. The Kier molecular flexibility index (Phi) is 3.71. The molecule has 0 saturated carbocycles. The van der Waals surface area contributed by atoms with Gasteiger partial charge in [0.2, 0.25) is 0 Å². The van der Waals surface area contributed by atoms with Gasteiger partial charge in [0.05, 0.1) is 6.61 Å². The van der Waals surface area contributed by atoms with Crippen LogP contribution in [0.2, 0.25) is 0 Å². The van der Waals surface area contributed by atoms with Crippen LogP contribution in [0.4, 0.5) is 0 Å². The molecule has 0 amide bonds. The van der Waals surface area contributed by atoms with Gasteiger partial charge in [0.1, 0.15) is 5.75 Å². The minimum Gasteiger partial charge on any atom is -0.493 e. The van der Waals surface area contributed by atoms with E-state index in [0.29, 0.717) is 18.0 Å². The van der Waals surface area contributed by atoms with Crippen LogP contribution in [0.5, 0.6) is 5.75 Å². The summed E-state index contributed by atoms with van der Waals surface area (Å²) in [7, 11) is 0. The third-order valence-electron chi connectivity index (χ3n) is 3.21. The van der Waals surface area contributed by atoms with E-state index in [9.17, 15) is 0 Å². The van der Waals surface area contributed by atoms with Crippen molar-refractivity contribution in [2.24, 2.45) is 5.92 Å². The standard InChI is InChI=1S/C15H19NO/c1-4-7-12(3)16-15-11(2)10-17-14-9-6-5-8-13(14)15/h1,5-6,8-9,11-12,15-16H,7,10H2,2-3H3. The quantitative estimate of drug-likeness (QED) is 0.805. The molecule has 1 aliphatic heterocycles. The average Bonchev–Trinajstić information content (AvgIpc) is 2.33. The van der Waals surface area contributed by atoms with E-state index in [1.807, 2.05) is 12.1 Å². The molecule has 1 aliphatic rings. The predicted octanol–water partition coefficient (Wildman–Crippen LogP) is 2.76. The number of ether oxygens (including phenoxy) is 1. The molecule has 1 aromatic rings. The fraction of sp³-hybridized carbons (Fsp3) is 0.467. The SMILES string of the molecule is C#CCC(C)NC1c2ccccc2OCC1C. The lowest BCUT2D eigenvalue weighted by molar-refractivity contribution is 0.182. The smallest absolute Gasteiger partial charge is 0.124 e. The van der Waals surface area contributed by atoms with Gasteiger partial charge in [-0.05, 0) is 13.0 Å². The van der Waals surface area contributed by atoms with Gasteiger partial charge in [-0.2, -0.15) is 0 Å². The maximum absolute atomic E-state index is 5.73. The van der Waals surface area contributed by atoms with Gasteiger partial charge in [0.15, 0.2) is 0 Å². The molecule has 90 valence electrons. The number of terminal acetylenes is 1. The van der Waals surface area contributed by atoms with Gasteiger partial charge in [-0.3, -0.25) is 0 Å². The van der Waals surface area contributed by atoms with E-state index in [0.717, 1.165) is 18.8 Å². The highest BCUT2D eigenvalue weighted by atomic mass is 16.5. The Morgan fingerprint density at radius 3 is 3.06 bits per heavy atom. The van der Waals surface area contributed by atoms with E-state index >= 15 is 0 Å². The van der Waals surface area contributed by atoms with Gasteiger partial charge < -0.3 is 10.1 Å². The number of rotatable bonds is 3. The molecule has 2 rings (SSSR count). The molecule has 0 aliphatic carbocycles. The number of nitrogens with one attached hydrogen (secondary N) is 1. The van der Waals surface area contributed by atoms with Crippen molar-refractivity contribution in [1.29, 1.82) is 0 Å². The minimum absolute atomic E-state index is 0.332. The molecule has 3 unspecified atom stereocenters. The second-order valence-electron chi connectivity index (χ2n) is 4.78. The second kappa shape index (κ2) is 5.25. The second-order valence-corrected chi connectivity index (χ2v) is 4.78. The molecule has 0 aromatic heterocycles. The fourth-order valence-corrected chi connectivity index (χ4v) is 2.29. The third-order valence-corrected chi connectivity index (χ3v) is 3.21. The first-order chi connectivity index (χ1) is 8.22. The molecule has 0 spiro atoms. The van der Waals surface area contributed by atoms with E-state index in [1.54, 1.807) is 0 Å². The predicted molar refractivity (Wildman–Crippen MR) is 69.9 cm³/mol. The highest BCUT2D eigenvalue weighted by molar-refractivity contribution is 5.38. The first-order valence-corrected chi connectivity index (χ1v) is 6.13. The van der Waals surface area contributed by atoms with Crippen molar-refractivity contribution in [2.45, 2.75) is 32.4 Å². The zero-order valence-corrected chi connectivity index (χ0v) is 10.4. The van der Waals surface area contributed by atoms with Crippen molar-refractivity contribution in [3.63, 3.8) is 0 Å². The summed E-state index contributed by atoms with van der Waals surface area (Å²) in [6, 6.07) is 8.90. The van der Waals surface area contributed by atoms with E-state index in [2.05, 4.69) is 37.2 Å². The average molecular weight is 229 g/mol. The van der Waals surface area contributed by atoms with E-state index < -0.39 is 0 Å². The van der Waals surface area contributed by atoms with Crippen molar-refractivity contribution in [2.75, 3.05) is 6.61 Å². The number of fused-ring (bicyclic) bond motifs is 1. The zero-order chi connectivity index (χ0) is 12.3. The molecule has 0 fully saturated rings. The number of para-hydroxylation sites is 1. The van der Waals surface area contributed by atoms with Crippen LogP contribution < -0.4 is 10.1 Å². The summed E-state index contributed by atoms with van der Waals surface area (Å²) < 4.78 is 5.73. The van der Waals surface area contributed by atoms with Crippen molar-refractivity contribution in [3.8, 4) is 18.1 Å². The van der Waals surface area contributed by atoms with Crippen LogP contribution in [-0.4, -0.2) is 12.6 Å². The molecule has 1 aromatic carbocycles. The molecular formula is C15H19NO. The van der Waals surface area contributed by atoms with Crippen molar-refractivity contribution >= 4 is 0 Å². The fourth-order valence-electron chi connectivity index (χ4n) is 2.29. The van der Waals surface area contributed by atoms with Crippen LogP contribution in [0.25, 0.3) is 0 Å². The topological polar surface area (TPSA) is 21.3 Å². The summed E-state index contributed by atoms with van der Waals surface area (Å²) in [6.07, 6.45) is 6.11. The lowest BCUT2D eigenvalue weighted by Gasteiger charge is -2.33. The van der Waals surface area contributed by atoms with Gasteiger partial charge in [0, 0.05) is 30.0 Å². The molecular weight excluding hydrogens is 210 g/mol. The highest BCUT2D eigenvalue weighted by Crippen LogP contribution is 2.35. The normalized spacial score (nSPS) is 24.3. The van der Waals surface area contributed by atoms with E-state index in [1.165, 1.54) is 5.56 Å². The van der Waals surface area contributed by atoms with Crippen molar-refractivity contribution in [3.05, 3.63) is 29.8 Å². The van der Waals surface area contributed by atoms with E-state index in [4.69, 9.17) is 11.2 Å². The monoisotopic (exact) mass is 229 g/mol.